The second-order valence-corrected chi connectivity index (χ2v) is 5.34. The van der Waals surface area contributed by atoms with Crippen LogP contribution >= 0.6 is 15.9 Å². The normalized spacial score (nSPS) is 13.3. The van der Waals surface area contributed by atoms with Crippen molar-refractivity contribution in [1.29, 1.82) is 0 Å². The fourth-order valence-corrected chi connectivity index (χ4v) is 1.39. The van der Waals surface area contributed by atoms with Gasteiger partial charge < -0.3 is 15.0 Å². The molecule has 0 saturated carbocycles. The predicted octanol–water partition coefficient (Wildman–Crippen LogP) is 2.76. The maximum atomic E-state index is 11.5. The van der Waals surface area contributed by atoms with Gasteiger partial charge in [-0.25, -0.2) is 9.78 Å². The van der Waals surface area contributed by atoms with Crippen molar-refractivity contribution in [1.82, 2.24) is 15.3 Å². The number of ether oxygens (including phenoxy) is 1. The third kappa shape index (κ3) is 4.22. The van der Waals surface area contributed by atoms with Crippen molar-refractivity contribution in [2.24, 2.45) is 0 Å². The van der Waals surface area contributed by atoms with Gasteiger partial charge in [0.2, 0.25) is 0 Å². The van der Waals surface area contributed by atoms with E-state index >= 15 is 0 Å². The van der Waals surface area contributed by atoms with Crippen molar-refractivity contribution in [3.05, 3.63) is 16.6 Å². The molecule has 0 aliphatic heterocycles. The Morgan fingerprint density at radius 1 is 1.62 bits per heavy atom. The molecule has 0 aliphatic carbocycles. The number of aromatic amines is 1. The van der Waals surface area contributed by atoms with E-state index in [9.17, 15) is 4.79 Å². The highest BCUT2D eigenvalue weighted by atomic mass is 79.9. The number of nitrogens with one attached hydrogen (secondary N) is 2. The first-order valence-electron chi connectivity index (χ1n) is 4.98. The maximum Gasteiger partial charge on any atom is 0.408 e. The average molecular weight is 290 g/mol. The molecule has 6 heteroatoms. The van der Waals surface area contributed by atoms with Gasteiger partial charge in [-0.15, -0.1) is 0 Å². The zero-order chi connectivity index (χ0) is 12.3. The molecule has 1 amide bonds. The molecule has 16 heavy (non-hydrogen) atoms. The molecule has 0 spiro atoms. The summed E-state index contributed by atoms with van der Waals surface area (Å²) in [5, 5.41) is 2.69. The van der Waals surface area contributed by atoms with Crippen LogP contribution in [0.1, 0.15) is 39.6 Å². The number of nitrogens with zero attached hydrogens (tertiary/aromatic N) is 1. The summed E-state index contributed by atoms with van der Waals surface area (Å²) in [5.74, 6) is 0.678. The quantitative estimate of drug-likeness (QED) is 0.880. The molecule has 1 atom stereocenters. The van der Waals surface area contributed by atoms with Crippen LogP contribution in [0.4, 0.5) is 4.79 Å². The van der Waals surface area contributed by atoms with Crippen molar-refractivity contribution >= 4 is 22.0 Å². The predicted molar refractivity (Wildman–Crippen MR) is 64.1 cm³/mol. The molecule has 1 aromatic heterocycles. The van der Waals surface area contributed by atoms with Gasteiger partial charge in [-0.1, -0.05) is 0 Å². The van der Waals surface area contributed by atoms with Gasteiger partial charge in [-0.05, 0) is 43.6 Å². The summed E-state index contributed by atoms with van der Waals surface area (Å²) < 4.78 is 5.91. The van der Waals surface area contributed by atoms with E-state index in [2.05, 4.69) is 31.2 Å². The van der Waals surface area contributed by atoms with Gasteiger partial charge in [0.05, 0.1) is 12.2 Å². The van der Waals surface area contributed by atoms with Crippen molar-refractivity contribution < 1.29 is 9.53 Å². The smallest absolute Gasteiger partial charge is 0.408 e. The van der Waals surface area contributed by atoms with Crippen LogP contribution in [0, 0.1) is 0 Å². The Morgan fingerprint density at radius 3 is 2.69 bits per heavy atom. The fraction of sp³-hybridized carbons (Fsp3) is 0.600. The number of amides is 1. The van der Waals surface area contributed by atoms with Crippen LogP contribution in [-0.2, 0) is 4.74 Å². The summed E-state index contributed by atoms with van der Waals surface area (Å²) in [6, 6.07) is -0.221. The molecule has 0 aromatic carbocycles. The van der Waals surface area contributed by atoms with Gasteiger partial charge in [0.1, 0.15) is 16.0 Å². The van der Waals surface area contributed by atoms with E-state index in [4.69, 9.17) is 4.74 Å². The lowest BCUT2D eigenvalue weighted by atomic mass is 10.2. The minimum atomic E-state index is -0.493. The second kappa shape index (κ2) is 4.86. The van der Waals surface area contributed by atoms with Crippen LogP contribution in [0.25, 0.3) is 0 Å². The van der Waals surface area contributed by atoms with Crippen molar-refractivity contribution in [3.63, 3.8) is 0 Å². The Balaban J connectivity index is 2.52. The molecule has 1 rings (SSSR count). The summed E-state index contributed by atoms with van der Waals surface area (Å²) in [6.45, 7) is 7.29. The first-order valence-corrected chi connectivity index (χ1v) is 5.77. The largest absolute Gasteiger partial charge is 0.444 e. The van der Waals surface area contributed by atoms with E-state index < -0.39 is 11.7 Å². The highest BCUT2D eigenvalue weighted by Gasteiger charge is 2.19. The summed E-state index contributed by atoms with van der Waals surface area (Å²) >= 11 is 3.25. The Bertz CT molecular complexity index is 370. The first-order chi connectivity index (χ1) is 7.28. The SMILES string of the molecule is CC(NC(=O)OC(C)(C)C)c1ncc(Br)[nH]1. The Morgan fingerprint density at radius 2 is 2.25 bits per heavy atom. The number of imidazole rings is 1. The number of halogens is 1. The van der Waals surface area contributed by atoms with Crippen LogP contribution in [-0.4, -0.2) is 21.7 Å². The van der Waals surface area contributed by atoms with Crippen LogP contribution in [0.2, 0.25) is 0 Å². The maximum absolute atomic E-state index is 11.5. The molecule has 1 heterocycles. The molecule has 5 nitrogen and oxygen atoms in total. The molecule has 1 unspecified atom stereocenters. The Labute approximate surface area is 103 Å². The highest BCUT2D eigenvalue weighted by molar-refractivity contribution is 9.10. The number of aromatic nitrogens is 2. The van der Waals surface area contributed by atoms with Gasteiger partial charge in [-0.2, -0.15) is 0 Å². The third-order valence-corrected chi connectivity index (χ3v) is 2.11. The molecule has 2 N–H and O–H groups in total. The molecule has 0 saturated heterocycles. The Hall–Kier alpha value is -1.04. The number of rotatable bonds is 2. The lowest BCUT2D eigenvalue weighted by molar-refractivity contribution is 0.0506. The minimum Gasteiger partial charge on any atom is -0.444 e. The van der Waals surface area contributed by atoms with Crippen molar-refractivity contribution in [2.45, 2.75) is 39.3 Å². The standard InChI is InChI=1S/C10H16BrN3O2/c1-6(8-12-5-7(11)14-8)13-9(15)16-10(2,3)4/h5-6H,1-4H3,(H,12,14)(H,13,15). The molecule has 0 radical (unpaired) electrons. The summed E-state index contributed by atoms with van der Waals surface area (Å²) in [6.07, 6.45) is 1.19. The van der Waals surface area contributed by atoms with Crippen molar-refractivity contribution in [3.8, 4) is 0 Å². The number of alkyl carbamates (subject to hydrolysis) is 1. The minimum absolute atomic E-state index is 0.221. The first kappa shape index (κ1) is 13.0. The lowest BCUT2D eigenvalue weighted by Gasteiger charge is -2.21. The van der Waals surface area contributed by atoms with Gasteiger partial charge in [-0.3, -0.25) is 0 Å². The highest BCUT2D eigenvalue weighted by Crippen LogP contribution is 2.13. The van der Waals surface area contributed by atoms with Gasteiger partial charge in [0, 0.05) is 0 Å². The van der Waals surface area contributed by atoms with E-state index in [0.717, 1.165) is 4.60 Å². The van der Waals surface area contributed by atoms with Crippen LogP contribution in [0.5, 0.6) is 0 Å². The zero-order valence-electron chi connectivity index (χ0n) is 9.80. The van der Waals surface area contributed by atoms with Crippen LogP contribution < -0.4 is 5.32 Å². The fourth-order valence-electron chi connectivity index (χ4n) is 1.09. The van der Waals surface area contributed by atoms with Crippen molar-refractivity contribution in [2.75, 3.05) is 0 Å². The zero-order valence-corrected chi connectivity index (χ0v) is 11.4. The molecule has 0 aliphatic rings. The molecule has 90 valence electrons. The number of hydrogen-bond acceptors (Lipinski definition) is 3. The van der Waals surface area contributed by atoms with E-state index in [1.165, 1.54) is 0 Å². The average Bonchev–Trinajstić information content (AvgIpc) is 2.47. The van der Waals surface area contributed by atoms with Crippen LogP contribution in [0.3, 0.4) is 0 Å². The number of carbonyl (C=O) groups excluding carboxylic acids is 1. The summed E-state index contributed by atoms with van der Waals surface area (Å²) in [7, 11) is 0. The van der Waals surface area contributed by atoms with Gasteiger partial charge in [0.15, 0.2) is 0 Å². The molecular formula is C10H16BrN3O2. The second-order valence-electron chi connectivity index (χ2n) is 4.48. The summed E-state index contributed by atoms with van der Waals surface area (Å²) in [5.41, 5.74) is -0.493. The van der Waals surface area contributed by atoms with Gasteiger partial charge in [0.25, 0.3) is 0 Å². The van der Waals surface area contributed by atoms with E-state index in [-0.39, 0.29) is 6.04 Å². The molecular weight excluding hydrogens is 274 g/mol. The number of H-pyrrole nitrogens is 1. The lowest BCUT2D eigenvalue weighted by Crippen LogP contribution is -2.34. The third-order valence-electron chi connectivity index (χ3n) is 1.71. The molecule has 1 aromatic rings. The molecule has 0 fully saturated rings. The van der Waals surface area contributed by atoms with E-state index in [0.29, 0.717) is 5.82 Å². The molecule has 0 bridgehead atoms. The summed E-state index contributed by atoms with van der Waals surface area (Å²) in [4.78, 5) is 18.5. The van der Waals surface area contributed by atoms with E-state index in [1.54, 1.807) is 6.20 Å². The number of carbonyl (C=O) groups is 1. The van der Waals surface area contributed by atoms with E-state index in [1.807, 2.05) is 27.7 Å². The topological polar surface area (TPSA) is 67.0 Å². The Kier molecular flexibility index (Phi) is 3.96. The number of hydrogen-bond donors (Lipinski definition) is 2. The monoisotopic (exact) mass is 289 g/mol. The van der Waals surface area contributed by atoms with Gasteiger partial charge >= 0.3 is 6.09 Å². The van der Waals surface area contributed by atoms with Crippen LogP contribution in [0.15, 0.2) is 10.8 Å².